The molecule has 27 heavy (non-hydrogen) atoms. The normalized spacial score (nSPS) is 25.1. The van der Waals surface area contributed by atoms with Gasteiger partial charge in [0, 0.05) is 6.42 Å². The average molecular weight is 364 g/mol. The molecule has 138 valence electrons. The minimum atomic E-state index is -0.926. The molecular formula is C21H20N2O4. The van der Waals surface area contributed by atoms with Crippen molar-refractivity contribution in [1.29, 1.82) is 0 Å². The summed E-state index contributed by atoms with van der Waals surface area (Å²) in [5, 5.41) is 0. The fourth-order valence-electron chi connectivity index (χ4n) is 3.90. The molecule has 2 heterocycles. The van der Waals surface area contributed by atoms with Crippen LogP contribution in [0.2, 0.25) is 0 Å². The molecule has 2 atom stereocenters. The van der Waals surface area contributed by atoms with Crippen molar-refractivity contribution in [2.75, 3.05) is 6.54 Å². The van der Waals surface area contributed by atoms with Crippen molar-refractivity contribution in [3.8, 4) is 0 Å². The summed E-state index contributed by atoms with van der Waals surface area (Å²) in [6.45, 7) is 2.26. The first-order valence-electron chi connectivity index (χ1n) is 9.15. The quantitative estimate of drug-likeness (QED) is 0.772. The second-order valence-corrected chi connectivity index (χ2v) is 7.20. The van der Waals surface area contributed by atoms with Gasteiger partial charge in [-0.2, -0.15) is 0 Å². The van der Waals surface area contributed by atoms with E-state index in [0.717, 1.165) is 16.9 Å². The number of carbonyl (C=O) groups is 4. The fraction of sp³-hybridized carbons (Fsp3) is 0.333. The summed E-state index contributed by atoms with van der Waals surface area (Å²) in [5.41, 5.74) is 1.63. The van der Waals surface area contributed by atoms with Crippen LogP contribution in [0.3, 0.4) is 0 Å². The molecule has 2 unspecified atom stereocenters. The Kier molecular flexibility index (Phi) is 4.26. The molecule has 1 fully saturated rings. The monoisotopic (exact) mass is 364 g/mol. The maximum Gasteiger partial charge on any atom is 0.262 e. The van der Waals surface area contributed by atoms with Crippen molar-refractivity contribution in [1.82, 2.24) is 9.80 Å². The predicted octanol–water partition coefficient (Wildman–Crippen LogP) is 2.32. The van der Waals surface area contributed by atoms with Crippen LogP contribution >= 0.6 is 0 Å². The number of allylic oxidation sites excluding steroid dienone is 3. The summed E-state index contributed by atoms with van der Waals surface area (Å²) in [5.74, 6) is -1.40. The summed E-state index contributed by atoms with van der Waals surface area (Å²) in [7, 11) is 0. The Labute approximate surface area is 157 Å². The number of hydrogen-bond acceptors (Lipinski definition) is 4. The third-order valence-electron chi connectivity index (χ3n) is 5.53. The largest absolute Gasteiger partial charge is 0.277 e. The van der Waals surface area contributed by atoms with E-state index in [1.165, 1.54) is 4.90 Å². The van der Waals surface area contributed by atoms with Gasteiger partial charge in [0.05, 0.1) is 17.7 Å². The van der Waals surface area contributed by atoms with Crippen molar-refractivity contribution in [2.24, 2.45) is 5.92 Å². The highest BCUT2D eigenvalue weighted by molar-refractivity contribution is 6.23. The third-order valence-corrected chi connectivity index (χ3v) is 5.53. The molecular weight excluding hydrogens is 344 g/mol. The molecule has 0 radical (unpaired) electrons. The van der Waals surface area contributed by atoms with Crippen molar-refractivity contribution < 1.29 is 19.2 Å². The first kappa shape index (κ1) is 17.4. The summed E-state index contributed by atoms with van der Waals surface area (Å²) in [6, 6.07) is 5.64. The molecule has 1 saturated heterocycles. The number of likely N-dealkylation sites (tertiary alicyclic amines) is 1. The molecule has 1 aromatic carbocycles. The lowest BCUT2D eigenvalue weighted by Gasteiger charge is -2.35. The van der Waals surface area contributed by atoms with E-state index < -0.39 is 23.8 Å². The van der Waals surface area contributed by atoms with Gasteiger partial charge in [-0.1, -0.05) is 37.3 Å². The van der Waals surface area contributed by atoms with Gasteiger partial charge in [-0.25, -0.2) is 0 Å². The maximum absolute atomic E-state index is 13.1. The van der Waals surface area contributed by atoms with Crippen LogP contribution in [0.25, 0.3) is 0 Å². The molecule has 0 bridgehead atoms. The van der Waals surface area contributed by atoms with Crippen LogP contribution in [-0.4, -0.2) is 46.0 Å². The molecule has 4 rings (SSSR count). The van der Waals surface area contributed by atoms with E-state index in [1.54, 1.807) is 24.3 Å². The lowest BCUT2D eigenvalue weighted by molar-refractivity contribution is -0.151. The van der Waals surface area contributed by atoms with Crippen LogP contribution in [0.15, 0.2) is 48.1 Å². The topological polar surface area (TPSA) is 74.8 Å². The van der Waals surface area contributed by atoms with Gasteiger partial charge < -0.3 is 0 Å². The zero-order valence-electron chi connectivity index (χ0n) is 15.1. The number of carbonyl (C=O) groups excluding carboxylic acids is 4. The van der Waals surface area contributed by atoms with Crippen LogP contribution in [0.4, 0.5) is 0 Å². The first-order valence-corrected chi connectivity index (χ1v) is 9.15. The van der Waals surface area contributed by atoms with Gasteiger partial charge in [0.15, 0.2) is 0 Å². The van der Waals surface area contributed by atoms with E-state index in [-0.39, 0.29) is 31.2 Å². The van der Waals surface area contributed by atoms with Gasteiger partial charge in [0.2, 0.25) is 5.91 Å². The molecule has 0 aromatic heterocycles. The zero-order chi connectivity index (χ0) is 19.1. The molecule has 6 nitrogen and oxygen atoms in total. The summed E-state index contributed by atoms with van der Waals surface area (Å²) >= 11 is 0. The molecule has 6 heteroatoms. The van der Waals surface area contributed by atoms with Gasteiger partial charge in [-0.3, -0.25) is 29.0 Å². The van der Waals surface area contributed by atoms with E-state index in [1.807, 2.05) is 12.2 Å². The highest BCUT2D eigenvalue weighted by Crippen LogP contribution is 2.30. The highest BCUT2D eigenvalue weighted by atomic mass is 16.2. The third kappa shape index (κ3) is 2.81. The van der Waals surface area contributed by atoms with Crippen molar-refractivity contribution >= 4 is 23.6 Å². The van der Waals surface area contributed by atoms with Gasteiger partial charge in [-0.15, -0.1) is 0 Å². The van der Waals surface area contributed by atoms with Crippen LogP contribution in [0, 0.1) is 5.92 Å². The second kappa shape index (κ2) is 6.61. The number of benzene rings is 1. The minimum absolute atomic E-state index is 0.140. The molecule has 0 N–H and O–H groups in total. The Hall–Kier alpha value is -3.02. The lowest BCUT2D eigenvalue weighted by atomic mass is 9.92. The van der Waals surface area contributed by atoms with E-state index in [9.17, 15) is 19.2 Å². The molecule has 4 amide bonds. The zero-order valence-corrected chi connectivity index (χ0v) is 15.1. The standard InChI is InChI=1S/C21H20N2O4/c1-13-6-2-3-7-14(13)12-22-18(24)11-10-17(21(22)27)23-19(25)15-8-4-5-9-16(15)20(23)26/h2-5,7-9,13,17H,6,10-12H2,1H3. The van der Waals surface area contributed by atoms with E-state index in [0.29, 0.717) is 11.1 Å². The molecule has 0 spiro atoms. The number of nitrogens with zero attached hydrogens (tertiary/aromatic N) is 2. The maximum atomic E-state index is 13.1. The Balaban J connectivity index is 1.60. The Morgan fingerprint density at radius 3 is 2.33 bits per heavy atom. The van der Waals surface area contributed by atoms with E-state index in [4.69, 9.17) is 0 Å². The van der Waals surface area contributed by atoms with Crippen LogP contribution in [-0.2, 0) is 9.59 Å². The van der Waals surface area contributed by atoms with Crippen LogP contribution in [0.1, 0.15) is 46.9 Å². The molecule has 2 aliphatic heterocycles. The van der Waals surface area contributed by atoms with Crippen LogP contribution < -0.4 is 0 Å². The number of rotatable bonds is 3. The van der Waals surface area contributed by atoms with Gasteiger partial charge >= 0.3 is 0 Å². The minimum Gasteiger partial charge on any atom is -0.277 e. The smallest absolute Gasteiger partial charge is 0.262 e. The van der Waals surface area contributed by atoms with Gasteiger partial charge in [0.25, 0.3) is 17.7 Å². The number of fused-ring (bicyclic) bond motifs is 1. The first-order chi connectivity index (χ1) is 13.0. The van der Waals surface area contributed by atoms with Crippen molar-refractivity contribution in [3.63, 3.8) is 0 Å². The number of hydrogen-bond donors (Lipinski definition) is 0. The summed E-state index contributed by atoms with van der Waals surface area (Å²) in [6.07, 6.45) is 7.09. The van der Waals surface area contributed by atoms with Crippen molar-refractivity contribution in [3.05, 3.63) is 59.2 Å². The van der Waals surface area contributed by atoms with Crippen molar-refractivity contribution in [2.45, 2.75) is 32.2 Å². The Morgan fingerprint density at radius 2 is 1.70 bits per heavy atom. The average Bonchev–Trinajstić information content (AvgIpc) is 2.92. The fourth-order valence-corrected chi connectivity index (χ4v) is 3.90. The molecule has 1 aromatic rings. The van der Waals surface area contributed by atoms with Gasteiger partial charge in [0.1, 0.15) is 6.04 Å². The summed E-state index contributed by atoms with van der Waals surface area (Å²) < 4.78 is 0. The highest BCUT2D eigenvalue weighted by Gasteiger charge is 2.46. The SMILES string of the molecule is CC1CC=CC=C1CN1C(=O)CCC(N2C(=O)c3ccccc3C2=O)C1=O. The van der Waals surface area contributed by atoms with E-state index >= 15 is 0 Å². The Bertz CT molecular complexity index is 880. The Morgan fingerprint density at radius 1 is 1.04 bits per heavy atom. The van der Waals surface area contributed by atoms with Gasteiger partial charge in [-0.05, 0) is 36.5 Å². The number of imide groups is 2. The predicted molar refractivity (Wildman–Crippen MR) is 97.7 cm³/mol. The number of amides is 4. The molecule has 3 aliphatic rings. The molecule has 0 saturated carbocycles. The van der Waals surface area contributed by atoms with E-state index in [2.05, 4.69) is 13.0 Å². The van der Waals surface area contributed by atoms with Crippen LogP contribution in [0.5, 0.6) is 0 Å². The second-order valence-electron chi connectivity index (χ2n) is 7.20. The number of piperidine rings is 1. The lowest BCUT2D eigenvalue weighted by Crippen LogP contribution is -2.56. The molecule has 1 aliphatic carbocycles. The summed E-state index contributed by atoms with van der Waals surface area (Å²) in [4.78, 5) is 53.1.